The fourth-order valence-corrected chi connectivity index (χ4v) is 2.54. The highest BCUT2D eigenvalue weighted by Gasteiger charge is 2.12. The number of aromatic hydroxyl groups is 1. The molecule has 0 saturated carbocycles. The highest BCUT2D eigenvalue weighted by molar-refractivity contribution is 9.10. The molecular weight excluding hydrogens is 398 g/mol. The summed E-state index contributed by atoms with van der Waals surface area (Å²) in [4.78, 5) is 23.7. The van der Waals surface area contributed by atoms with Gasteiger partial charge in [0.05, 0.1) is 6.21 Å². The van der Waals surface area contributed by atoms with Crippen molar-refractivity contribution in [3.8, 4) is 5.75 Å². The molecule has 0 radical (unpaired) electrons. The first kappa shape index (κ1) is 19.7. The van der Waals surface area contributed by atoms with E-state index in [0.717, 1.165) is 23.7 Å². The van der Waals surface area contributed by atoms with Gasteiger partial charge in [0.15, 0.2) is 0 Å². The van der Waals surface area contributed by atoms with Gasteiger partial charge in [0.2, 0.25) is 0 Å². The Morgan fingerprint density at radius 1 is 1.15 bits per heavy atom. The number of hydrogen-bond acceptors (Lipinski definition) is 4. The maximum Gasteiger partial charge on any atom is 0.329 e. The molecule has 2 aromatic carbocycles. The van der Waals surface area contributed by atoms with Crippen molar-refractivity contribution in [2.75, 3.05) is 5.32 Å². The van der Waals surface area contributed by atoms with Crippen LogP contribution in [0.25, 0.3) is 0 Å². The minimum absolute atomic E-state index is 0.0128. The van der Waals surface area contributed by atoms with Crippen LogP contribution >= 0.6 is 15.9 Å². The molecule has 0 aliphatic heterocycles. The van der Waals surface area contributed by atoms with Gasteiger partial charge in [-0.2, -0.15) is 5.10 Å². The van der Waals surface area contributed by atoms with Crippen LogP contribution in [0.15, 0.2) is 52.0 Å². The lowest BCUT2D eigenvalue weighted by Gasteiger charge is -2.05. The lowest BCUT2D eigenvalue weighted by molar-refractivity contribution is -0.136. The second-order valence-electron chi connectivity index (χ2n) is 5.66. The quantitative estimate of drug-likeness (QED) is 0.381. The highest BCUT2D eigenvalue weighted by atomic mass is 79.9. The Hall–Kier alpha value is -2.67. The first-order chi connectivity index (χ1) is 12.5. The molecule has 0 aliphatic rings. The Balaban J connectivity index is 1.88. The van der Waals surface area contributed by atoms with Crippen molar-refractivity contribution in [3.05, 3.63) is 58.1 Å². The number of unbranched alkanes of at least 4 members (excludes halogenated alkanes) is 1. The smallest absolute Gasteiger partial charge is 0.329 e. The van der Waals surface area contributed by atoms with Gasteiger partial charge in [-0.3, -0.25) is 9.59 Å². The van der Waals surface area contributed by atoms with Gasteiger partial charge in [-0.1, -0.05) is 41.4 Å². The molecule has 2 aromatic rings. The zero-order valence-electron chi connectivity index (χ0n) is 14.3. The second kappa shape index (κ2) is 9.72. The van der Waals surface area contributed by atoms with Gasteiger partial charge in [-0.15, -0.1) is 0 Å². The number of nitrogens with one attached hydrogen (secondary N) is 2. The van der Waals surface area contributed by atoms with Crippen molar-refractivity contribution < 1.29 is 14.7 Å². The number of anilines is 1. The summed E-state index contributed by atoms with van der Waals surface area (Å²) in [7, 11) is 0. The van der Waals surface area contributed by atoms with Crippen LogP contribution in [0.3, 0.4) is 0 Å². The van der Waals surface area contributed by atoms with Crippen molar-refractivity contribution in [3.63, 3.8) is 0 Å². The number of aryl methyl sites for hydroxylation is 1. The number of benzene rings is 2. The van der Waals surface area contributed by atoms with Crippen LogP contribution in [0.5, 0.6) is 5.75 Å². The van der Waals surface area contributed by atoms with Gasteiger partial charge >= 0.3 is 11.8 Å². The number of carbonyl (C=O) groups is 2. The van der Waals surface area contributed by atoms with E-state index in [1.165, 1.54) is 17.8 Å². The number of rotatable bonds is 6. The van der Waals surface area contributed by atoms with Gasteiger partial charge in [0.1, 0.15) is 5.75 Å². The van der Waals surface area contributed by atoms with E-state index < -0.39 is 11.8 Å². The summed E-state index contributed by atoms with van der Waals surface area (Å²) >= 11 is 3.27. The normalized spacial score (nSPS) is 10.7. The molecule has 0 aromatic heterocycles. The largest absolute Gasteiger partial charge is 0.507 e. The summed E-state index contributed by atoms with van der Waals surface area (Å²) in [5.74, 6) is -1.70. The molecule has 0 bridgehead atoms. The second-order valence-corrected chi connectivity index (χ2v) is 6.57. The van der Waals surface area contributed by atoms with E-state index in [2.05, 4.69) is 38.7 Å². The highest BCUT2D eigenvalue weighted by Crippen LogP contribution is 2.19. The number of halogens is 1. The fourth-order valence-electron chi connectivity index (χ4n) is 2.16. The number of carbonyl (C=O) groups excluding carboxylic acids is 2. The van der Waals surface area contributed by atoms with E-state index in [1.807, 2.05) is 12.1 Å². The fraction of sp³-hybridized carbons (Fsp3) is 0.211. The third-order valence-electron chi connectivity index (χ3n) is 3.60. The average Bonchev–Trinajstić information content (AvgIpc) is 2.63. The van der Waals surface area contributed by atoms with Gasteiger partial charge in [0.25, 0.3) is 0 Å². The third-order valence-corrected chi connectivity index (χ3v) is 4.09. The Kier molecular flexibility index (Phi) is 7.35. The van der Waals surface area contributed by atoms with E-state index in [9.17, 15) is 14.7 Å². The van der Waals surface area contributed by atoms with Crippen molar-refractivity contribution in [1.29, 1.82) is 0 Å². The van der Waals surface area contributed by atoms with Crippen LogP contribution in [0.4, 0.5) is 5.69 Å². The van der Waals surface area contributed by atoms with Gasteiger partial charge in [-0.05, 0) is 48.7 Å². The molecule has 2 amide bonds. The lowest BCUT2D eigenvalue weighted by atomic mass is 10.1. The number of amides is 2. The van der Waals surface area contributed by atoms with Gasteiger partial charge in [0, 0.05) is 15.7 Å². The average molecular weight is 418 g/mol. The third kappa shape index (κ3) is 6.00. The summed E-state index contributed by atoms with van der Waals surface area (Å²) < 4.78 is 0.753. The minimum atomic E-state index is -0.897. The summed E-state index contributed by atoms with van der Waals surface area (Å²) in [5, 5.41) is 15.9. The SMILES string of the molecule is CCCCc1ccc(NC(=O)C(=O)N/N=C/c2cc(Br)ccc2O)cc1. The van der Waals surface area contributed by atoms with Crippen LogP contribution in [-0.4, -0.2) is 23.1 Å². The molecule has 0 heterocycles. The number of phenols is 1. The van der Waals surface area contributed by atoms with Crippen molar-refractivity contribution in [1.82, 2.24) is 5.43 Å². The number of hydrogen-bond donors (Lipinski definition) is 3. The first-order valence-electron chi connectivity index (χ1n) is 8.21. The zero-order valence-corrected chi connectivity index (χ0v) is 15.9. The molecule has 136 valence electrons. The summed E-state index contributed by atoms with van der Waals surface area (Å²) in [6.07, 6.45) is 4.48. The maximum atomic E-state index is 11.9. The minimum Gasteiger partial charge on any atom is -0.507 e. The number of nitrogens with zero attached hydrogens (tertiary/aromatic N) is 1. The molecule has 0 fully saturated rings. The zero-order chi connectivity index (χ0) is 18.9. The van der Waals surface area contributed by atoms with Gasteiger partial charge in [-0.25, -0.2) is 5.43 Å². The number of phenolic OH excluding ortho intramolecular Hbond substituents is 1. The molecular formula is C19H20BrN3O3. The van der Waals surface area contributed by atoms with E-state index >= 15 is 0 Å². The predicted octanol–water partition coefficient (Wildman–Crippen LogP) is 3.59. The predicted molar refractivity (Wildman–Crippen MR) is 105 cm³/mol. The Morgan fingerprint density at radius 3 is 2.58 bits per heavy atom. The Morgan fingerprint density at radius 2 is 1.88 bits per heavy atom. The molecule has 7 heteroatoms. The topological polar surface area (TPSA) is 90.8 Å². The molecule has 0 unspecified atom stereocenters. The Labute approximate surface area is 160 Å². The lowest BCUT2D eigenvalue weighted by Crippen LogP contribution is -2.32. The standard InChI is InChI=1S/C19H20BrN3O3/c1-2-3-4-13-5-8-16(9-6-13)22-18(25)19(26)23-21-12-14-11-15(20)7-10-17(14)24/h5-12,24H,2-4H2,1H3,(H,22,25)(H,23,26)/b21-12+. The van der Waals surface area contributed by atoms with E-state index in [0.29, 0.717) is 11.3 Å². The first-order valence-corrected chi connectivity index (χ1v) is 9.00. The molecule has 0 atom stereocenters. The van der Waals surface area contributed by atoms with Crippen LogP contribution in [0, 0.1) is 0 Å². The van der Waals surface area contributed by atoms with Crippen LogP contribution < -0.4 is 10.7 Å². The summed E-state index contributed by atoms with van der Waals surface area (Å²) in [5.41, 5.74) is 4.26. The molecule has 2 rings (SSSR count). The number of hydrazone groups is 1. The summed E-state index contributed by atoms with van der Waals surface area (Å²) in [6, 6.07) is 12.2. The van der Waals surface area contributed by atoms with E-state index in [1.54, 1.807) is 24.3 Å². The monoisotopic (exact) mass is 417 g/mol. The molecule has 3 N–H and O–H groups in total. The van der Waals surface area contributed by atoms with Crippen LogP contribution in [-0.2, 0) is 16.0 Å². The van der Waals surface area contributed by atoms with Crippen LogP contribution in [0.2, 0.25) is 0 Å². The molecule has 0 saturated heterocycles. The Bertz CT molecular complexity index is 804. The molecule has 0 spiro atoms. The van der Waals surface area contributed by atoms with Crippen molar-refractivity contribution in [2.45, 2.75) is 26.2 Å². The molecule has 26 heavy (non-hydrogen) atoms. The maximum absolute atomic E-state index is 11.9. The van der Waals surface area contributed by atoms with Gasteiger partial charge < -0.3 is 10.4 Å². The van der Waals surface area contributed by atoms with Crippen LogP contribution in [0.1, 0.15) is 30.9 Å². The summed E-state index contributed by atoms with van der Waals surface area (Å²) in [6.45, 7) is 2.13. The molecule has 6 nitrogen and oxygen atoms in total. The van der Waals surface area contributed by atoms with E-state index in [-0.39, 0.29) is 5.75 Å². The van der Waals surface area contributed by atoms with E-state index in [4.69, 9.17) is 0 Å². The van der Waals surface area contributed by atoms with Crippen molar-refractivity contribution in [2.24, 2.45) is 5.10 Å². The van der Waals surface area contributed by atoms with Crippen molar-refractivity contribution >= 4 is 39.6 Å². The molecule has 0 aliphatic carbocycles.